The molecule has 0 spiro atoms. The van der Waals surface area contributed by atoms with Crippen LogP contribution in [0.1, 0.15) is 41.6 Å². The van der Waals surface area contributed by atoms with E-state index >= 15 is 0 Å². The molecule has 0 saturated carbocycles. The number of rotatable bonds is 10. The van der Waals surface area contributed by atoms with Crippen LogP contribution in [0.15, 0.2) is 36.7 Å². The maximum Gasteiger partial charge on any atom is 0.414 e. The predicted octanol–water partition coefficient (Wildman–Crippen LogP) is 0.968. The van der Waals surface area contributed by atoms with Crippen LogP contribution in [-0.4, -0.2) is 122 Å². The van der Waals surface area contributed by atoms with Crippen LogP contribution in [-0.2, 0) is 19.2 Å². The lowest BCUT2D eigenvalue weighted by atomic mass is 10.1. The normalized spacial score (nSPS) is 14.5. The van der Waals surface area contributed by atoms with Gasteiger partial charge in [-0.2, -0.15) is 0 Å². The van der Waals surface area contributed by atoms with Gasteiger partial charge in [0.05, 0.1) is 0 Å². The Kier molecular flexibility index (Phi) is 14.3. The first-order valence-electron chi connectivity index (χ1n) is 13.2. The van der Waals surface area contributed by atoms with E-state index in [4.69, 9.17) is 49.1 Å². The molecule has 2 aromatic rings. The molecule has 0 aromatic carbocycles. The van der Waals surface area contributed by atoms with Gasteiger partial charge in [-0.05, 0) is 64.0 Å². The van der Waals surface area contributed by atoms with Crippen LogP contribution in [0.4, 0.5) is 0 Å². The molecule has 0 atom stereocenters. The Morgan fingerprint density at radius 2 is 0.929 bits per heavy atom. The summed E-state index contributed by atoms with van der Waals surface area (Å²) in [5, 5.41) is 29.6. The average molecular weight is 591 g/mol. The summed E-state index contributed by atoms with van der Waals surface area (Å²) >= 11 is 0. The minimum atomic E-state index is -1.82. The third-order valence-corrected chi connectivity index (χ3v) is 6.08. The average Bonchev–Trinajstić information content (AvgIpc) is 3.69. The number of hydrogen-bond acceptors (Lipinski definition) is 11. The molecule has 2 aliphatic rings. The molecule has 42 heavy (non-hydrogen) atoms. The van der Waals surface area contributed by atoms with E-state index < -0.39 is 23.9 Å². The van der Waals surface area contributed by atoms with Gasteiger partial charge in [-0.3, -0.25) is 14.6 Å². The Hall–Kier alpha value is -4.63. The molecule has 4 N–H and O–H groups in total. The number of carboxylic acid groups (broad SMARTS) is 4. The molecule has 2 fully saturated rings. The molecule has 0 bridgehead atoms. The Morgan fingerprint density at radius 3 is 1.19 bits per heavy atom. The third kappa shape index (κ3) is 12.7. The molecule has 0 aliphatic carbocycles. The number of carboxylic acids is 4. The number of pyridine rings is 2. The van der Waals surface area contributed by atoms with E-state index in [2.05, 4.69) is 19.8 Å². The molecule has 4 rings (SSSR count). The molecule has 2 saturated heterocycles. The maximum atomic E-state index is 12.7. The van der Waals surface area contributed by atoms with E-state index in [0.717, 1.165) is 39.3 Å². The predicted molar refractivity (Wildman–Crippen MR) is 145 cm³/mol. The van der Waals surface area contributed by atoms with Gasteiger partial charge in [0.2, 0.25) is 11.8 Å². The zero-order valence-corrected chi connectivity index (χ0v) is 22.9. The standard InChI is InChI=1S/C23H30N4O3.2C2H2O4/c28-23(19-5-7-21(24-17-19)29-15-13-26-9-1-2-10-26)20-6-8-22(25-18-20)30-16-14-27-11-3-4-12-27;2*3-1(4)2(5)6/h5-8,17-18H,1-4,9-16H2;2*(H,3,4)(H,5,6). The van der Waals surface area contributed by atoms with Gasteiger partial charge in [-0.1, -0.05) is 0 Å². The number of carbonyl (C=O) groups excluding carboxylic acids is 1. The quantitative estimate of drug-likeness (QED) is 0.224. The highest BCUT2D eigenvalue weighted by atomic mass is 16.5. The van der Waals surface area contributed by atoms with Crippen molar-refractivity contribution < 1.29 is 53.9 Å². The van der Waals surface area contributed by atoms with Gasteiger partial charge in [0.25, 0.3) is 0 Å². The number of carbonyl (C=O) groups is 5. The lowest BCUT2D eigenvalue weighted by molar-refractivity contribution is -0.159. The lowest BCUT2D eigenvalue weighted by Crippen LogP contribution is -2.25. The highest BCUT2D eigenvalue weighted by Gasteiger charge is 2.14. The fraction of sp³-hybridized carbons (Fsp3) is 0.444. The van der Waals surface area contributed by atoms with Crippen molar-refractivity contribution in [2.24, 2.45) is 0 Å². The first kappa shape index (κ1) is 33.6. The highest BCUT2D eigenvalue weighted by Crippen LogP contribution is 2.15. The van der Waals surface area contributed by atoms with Crippen molar-refractivity contribution in [3.63, 3.8) is 0 Å². The molecule has 15 nitrogen and oxygen atoms in total. The number of aliphatic carboxylic acids is 4. The second kappa shape index (κ2) is 17.9. The van der Waals surface area contributed by atoms with Gasteiger partial charge >= 0.3 is 23.9 Å². The molecule has 0 amide bonds. The molecule has 4 heterocycles. The van der Waals surface area contributed by atoms with E-state index in [1.165, 1.54) is 25.7 Å². The summed E-state index contributed by atoms with van der Waals surface area (Å²) in [6.07, 6.45) is 8.22. The first-order valence-corrected chi connectivity index (χ1v) is 13.2. The van der Waals surface area contributed by atoms with E-state index in [-0.39, 0.29) is 5.78 Å². The summed E-state index contributed by atoms with van der Waals surface area (Å²) in [6, 6.07) is 7.00. The summed E-state index contributed by atoms with van der Waals surface area (Å²) in [5.74, 6) is -6.31. The molecule has 0 unspecified atom stereocenters. The number of likely N-dealkylation sites (tertiary alicyclic amines) is 2. The van der Waals surface area contributed by atoms with E-state index in [1.807, 2.05) is 0 Å². The van der Waals surface area contributed by atoms with Crippen molar-refractivity contribution in [3.05, 3.63) is 47.8 Å². The van der Waals surface area contributed by atoms with E-state index in [1.54, 1.807) is 36.7 Å². The van der Waals surface area contributed by atoms with Crippen molar-refractivity contribution in [2.75, 3.05) is 52.5 Å². The van der Waals surface area contributed by atoms with Gasteiger partial charge < -0.3 is 29.9 Å². The van der Waals surface area contributed by atoms with Gasteiger partial charge in [0.15, 0.2) is 5.78 Å². The van der Waals surface area contributed by atoms with Crippen LogP contribution in [0.3, 0.4) is 0 Å². The van der Waals surface area contributed by atoms with Gasteiger partial charge in [0, 0.05) is 48.7 Å². The minimum Gasteiger partial charge on any atom is -0.476 e. The second-order valence-electron chi connectivity index (χ2n) is 9.11. The number of ketones is 1. The van der Waals surface area contributed by atoms with Crippen molar-refractivity contribution in [1.82, 2.24) is 19.8 Å². The summed E-state index contributed by atoms with van der Waals surface area (Å²) < 4.78 is 11.4. The van der Waals surface area contributed by atoms with Crippen LogP contribution in [0.5, 0.6) is 11.8 Å². The molecule has 2 aromatic heterocycles. The summed E-state index contributed by atoms with van der Waals surface area (Å²) in [5.41, 5.74) is 1.04. The highest BCUT2D eigenvalue weighted by molar-refractivity contribution is 6.27. The van der Waals surface area contributed by atoms with Crippen molar-refractivity contribution in [3.8, 4) is 11.8 Å². The molecular weight excluding hydrogens is 556 g/mol. The Bertz CT molecular complexity index is 1060. The number of aromatic nitrogens is 2. The minimum absolute atomic E-state index is 0.109. The van der Waals surface area contributed by atoms with Crippen molar-refractivity contribution in [1.29, 1.82) is 0 Å². The zero-order chi connectivity index (χ0) is 30.9. The molecule has 2 aliphatic heterocycles. The second-order valence-corrected chi connectivity index (χ2v) is 9.11. The van der Waals surface area contributed by atoms with E-state index in [9.17, 15) is 4.79 Å². The summed E-state index contributed by atoms with van der Waals surface area (Å²) in [4.78, 5) is 62.4. The van der Waals surface area contributed by atoms with Crippen LogP contribution in [0.2, 0.25) is 0 Å². The maximum absolute atomic E-state index is 12.7. The van der Waals surface area contributed by atoms with Gasteiger partial charge in [0.1, 0.15) is 13.2 Å². The van der Waals surface area contributed by atoms with Crippen molar-refractivity contribution in [2.45, 2.75) is 25.7 Å². The Morgan fingerprint density at radius 1 is 0.595 bits per heavy atom. The monoisotopic (exact) mass is 590 g/mol. The number of ether oxygens (including phenoxy) is 2. The SMILES string of the molecule is O=C(O)C(=O)O.O=C(O)C(=O)O.O=C(c1ccc(OCCN2CCCC2)nc1)c1ccc(OCCN2CCCC2)nc1. The fourth-order valence-electron chi connectivity index (χ4n) is 3.94. The number of nitrogens with zero attached hydrogens (tertiary/aromatic N) is 4. The molecule has 15 heteroatoms. The van der Waals surface area contributed by atoms with Crippen molar-refractivity contribution >= 4 is 29.7 Å². The van der Waals surface area contributed by atoms with Crippen LogP contribution in [0.25, 0.3) is 0 Å². The van der Waals surface area contributed by atoms with Crippen LogP contribution >= 0.6 is 0 Å². The van der Waals surface area contributed by atoms with Crippen LogP contribution < -0.4 is 9.47 Å². The summed E-state index contributed by atoms with van der Waals surface area (Å²) in [6.45, 7) is 7.68. The Labute approximate surface area is 241 Å². The number of hydrogen-bond donors (Lipinski definition) is 4. The largest absolute Gasteiger partial charge is 0.476 e. The first-order chi connectivity index (χ1) is 20.1. The van der Waals surface area contributed by atoms with Crippen LogP contribution in [0, 0.1) is 0 Å². The topological polar surface area (TPSA) is 217 Å². The molecule has 228 valence electrons. The smallest absolute Gasteiger partial charge is 0.414 e. The summed E-state index contributed by atoms with van der Waals surface area (Å²) in [7, 11) is 0. The third-order valence-electron chi connectivity index (χ3n) is 6.08. The van der Waals surface area contributed by atoms with Gasteiger partial charge in [-0.25, -0.2) is 29.1 Å². The molecular formula is C27H34N4O11. The molecule has 0 radical (unpaired) electrons. The fourth-order valence-corrected chi connectivity index (χ4v) is 3.94. The van der Waals surface area contributed by atoms with Gasteiger partial charge in [-0.15, -0.1) is 0 Å². The van der Waals surface area contributed by atoms with E-state index in [0.29, 0.717) is 36.1 Å². The zero-order valence-electron chi connectivity index (χ0n) is 22.9. The Balaban J connectivity index is 0.000000434. The lowest BCUT2D eigenvalue weighted by Gasteiger charge is -2.14.